The number of amides is 2. The summed E-state index contributed by atoms with van der Waals surface area (Å²) in [6.45, 7) is 7.23. The van der Waals surface area contributed by atoms with Crippen LogP contribution in [0.25, 0.3) is 0 Å². The number of benzene rings is 1. The molecule has 0 saturated heterocycles. The number of alkyl carbamates (subject to hydrolysis) is 1. The highest BCUT2D eigenvalue weighted by atomic mass is 16.6. The van der Waals surface area contributed by atoms with E-state index in [1.165, 1.54) is 12.1 Å². The first-order chi connectivity index (χ1) is 12.6. The van der Waals surface area contributed by atoms with E-state index in [1.54, 1.807) is 45.9 Å². The summed E-state index contributed by atoms with van der Waals surface area (Å²) >= 11 is 0. The Morgan fingerprint density at radius 1 is 1.07 bits per heavy atom. The zero-order valence-corrected chi connectivity index (χ0v) is 16.0. The normalized spacial score (nSPS) is 11.9. The summed E-state index contributed by atoms with van der Waals surface area (Å²) in [7, 11) is 0. The van der Waals surface area contributed by atoms with E-state index in [0.29, 0.717) is 6.54 Å². The highest BCUT2D eigenvalue weighted by Gasteiger charge is 2.28. The van der Waals surface area contributed by atoms with E-state index in [4.69, 9.17) is 9.47 Å². The molecule has 0 heterocycles. The van der Waals surface area contributed by atoms with Crippen molar-refractivity contribution in [2.45, 2.75) is 52.2 Å². The predicted molar refractivity (Wildman–Crippen MR) is 97.9 cm³/mol. The Hall–Kier alpha value is -2.90. The summed E-state index contributed by atoms with van der Waals surface area (Å²) in [5.41, 5.74) is -0.566. The smallest absolute Gasteiger partial charge is 0.408 e. The number of nitrogens with one attached hydrogen (secondary N) is 2. The third-order valence-corrected chi connectivity index (χ3v) is 3.21. The maximum absolute atomic E-state index is 12.4. The van der Waals surface area contributed by atoms with E-state index in [0.717, 1.165) is 0 Å². The maximum atomic E-state index is 12.4. The number of hydrogen-bond donors (Lipinski definition) is 2. The van der Waals surface area contributed by atoms with Crippen LogP contribution in [0.4, 0.5) is 4.79 Å². The van der Waals surface area contributed by atoms with E-state index in [1.807, 2.05) is 0 Å². The molecule has 1 aromatic rings. The van der Waals surface area contributed by atoms with Crippen LogP contribution in [0.2, 0.25) is 0 Å². The van der Waals surface area contributed by atoms with Gasteiger partial charge >= 0.3 is 18.0 Å². The largest absolute Gasteiger partial charge is 0.444 e. The number of carbonyl (C=O) groups excluding carboxylic acids is 4. The van der Waals surface area contributed by atoms with Gasteiger partial charge < -0.3 is 20.1 Å². The Morgan fingerprint density at radius 3 is 2.26 bits per heavy atom. The van der Waals surface area contributed by atoms with Crippen LogP contribution in [0.1, 0.15) is 50.9 Å². The van der Waals surface area contributed by atoms with E-state index < -0.39 is 29.7 Å². The van der Waals surface area contributed by atoms with Crippen molar-refractivity contribution < 1.29 is 28.7 Å². The fourth-order valence-electron chi connectivity index (χ4n) is 2.06. The van der Waals surface area contributed by atoms with Crippen LogP contribution in [0.3, 0.4) is 0 Å². The Bertz CT molecular complexity index is 667. The summed E-state index contributed by atoms with van der Waals surface area (Å²) in [5.74, 6) is -2.08. The van der Waals surface area contributed by atoms with Crippen molar-refractivity contribution in [1.82, 2.24) is 10.6 Å². The third-order valence-electron chi connectivity index (χ3n) is 3.21. The number of esters is 2. The van der Waals surface area contributed by atoms with Crippen LogP contribution in [0.15, 0.2) is 30.3 Å². The molecule has 0 saturated carbocycles. The molecule has 2 amide bonds. The van der Waals surface area contributed by atoms with E-state index in [-0.39, 0.29) is 24.3 Å². The molecule has 0 radical (unpaired) electrons. The third kappa shape index (κ3) is 8.84. The van der Waals surface area contributed by atoms with E-state index in [2.05, 4.69) is 10.6 Å². The lowest BCUT2D eigenvalue weighted by molar-refractivity contribution is -0.140. The number of ether oxygens (including phenoxy) is 2. The molecule has 0 fully saturated rings. The number of rotatable bonds is 7. The average molecular weight is 378 g/mol. The molecule has 1 rings (SSSR count). The molecular weight excluding hydrogens is 352 g/mol. The van der Waals surface area contributed by atoms with Crippen molar-refractivity contribution in [3.63, 3.8) is 0 Å². The molecule has 8 heteroatoms. The summed E-state index contributed by atoms with van der Waals surface area (Å²) < 4.78 is 9.96. The van der Waals surface area contributed by atoms with Crippen LogP contribution < -0.4 is 10.6 Å². The average Bonchev–Trinajstić information content (AvgIpc) is 2.57. The number of carbonyl (C=O) groups is 4. The lowest BCUT2D eigenvalue weighted by atomic mass is 10.1. The minimum atomic E-state index is -1.20. The second-order valence-electron chi connectivity index (χ2n) is 6.77. The van der Waals surface area contributed by atoms with Gasteiger partial charge in [0.2, 0.25) is 5.91 Å². The molecule has 0 aromatic heterocycles. The van der Waals surface area contributed by atoms with Crippen LogP contribution >= 0.6 is 0 Å². The van der Waals surface area contributed by atoms with Gasteiger partial charge in [-0.2, -0.15) is 0 Å². The molecule has 8 nitrogen and oxygen atoms in total. The van der Waals surface area contributed by atoms with Crippen LogP contribution in [0, 0.1) is 0 Å². The molecule has 0 aliphatic rings. The molecule has 0 aliphatic carbocycles. The van der Waals surface area contributed by atoms with Gasteiger partial charge in [-0.05, 0) is 46.2 Å². The van der Waals surface area contributed by atoms with Crippen molar-refractivity contribution in [2.24, 2.45) is 0 Å². The van der Waals surface area contributed by atoms with Crippen molar-refractivity contribution in [3.8, 4) is 0 Å². The van der Waals surface area contributed by atoms with Crippen LogP contribution in [-0.2, 0) is 19.1 Å². The fourth-order valence-corrected chi connectivity index (χ4v) is 2.06. The zero-order valence-electron chi connectivity index (χ0n) is 16.0. The Labute approximate surface area is 158 Å². The predicted octanol–water partition coefficient (Wildman–Crippen LogP) is 2.18. The van der Waals surface area contributed by atoms with Crippen molar-refractivity contribution >= 4 is 23.9 Å². The van der Waals surface area contributed by atoms with Gasteiger partial charge in [-0.1, -0.05) is 18.2 Å². The van der Waals surface area contributed by atoms with Gasteiger partial charge in [0.1, 0.15) is 11.6 Å². The van der Waals surface area contributed by atoms with Gasteiger partial charge in [0.15, 0.2) is 0 Å². The maximum Gasteiger partial charge on any atom is 0.408 e. The van der Waals surface area contributed by atoms with Crippen LogP contribution in [0.5, 0.6) is 0 Å². The SMILES string of the molecule is CCNC(=O)CCC(NC(=O)OC(C)(C)C)C(=O)OC(=O)c1ccccc1. The number of hydrogen-bond acceptors (Lipinski definition) is 6. The summed E-state index contributed by atoms with van der Waals surface area (Å²) in [6, 6.07) is 6.79. The highest BCUT2D eigenvalue weighted by Crippen LogP contribution is 2.09. The molecule has 0 bridgehead atoms. The van der Waals surface area contributed by atoms with Crippen molar-refractivity contribution in [2.75, 3.05) is 6.54 Å². The topological polar surface area (TPSA) is 111 Å². The molecule has 0 aliphatic heterocycles. The van der Waals surface area contributed by atoms with Crippen LogP contribution in [-0.4, -0.2) is 42.1 Å². The standard InChI is InChI=1S/C19H26N2O6/c1-5-20-15(22)12-11-14(21-18(25)27-19(2,3)4)17(24)26-16(23)13-9-7-6-8-10-13/h6-10,14H,5,11-12H2,1-4H3,(H,20,22)(H,21,25). The van der Waals surface area contributed by atoms with Gasteiger partial charge in [0.25, 0.3) is 0 Å². The highest BCUT2D eigenvalue weighted by molar-refractivity contribution is 5.98. The first-order valence-corrected chi connectivity index (χ1v) is 8.69. The molecule has 2 N–H and O–H groups in total. The van der Waals surface area contributed by atoms with Gasteiger partial charge in [-0.25, -0.2) is 14.4 Å². The van der Waals surface area contributed by atoms with Crippen molar-refractivity contribution in [1.29, 1.82) is 0 Å². The summed E-state index contributed by atoms with van der Waals surface area (Å²) in [4.78, 5) is 48.0. The lowest BCUT2D eigenvalue weighted by Crippen LogP contribution is -2.45. The Balaban J connectivity index is 2.78. The van der Waals surface area contributed by atoms with E-state index >= 15 is 0 Å². The minimum Gasteiger partial charge on any atom is -0.444 e. The Kier molecular flexibility index (Phi) is 8.44. The molecule has 0 spiro atoms. The second kappa shape index (κ2) is 10.3. The van der Waals surface area contributed by atoms with E-state index in [9.17, 15) is 19.2 Å². The molecule has 1 aromatic carbocycles. The van der Waals surface area contributed by atoms with Gasteiger partial charge in [-0.15, -0.1) is 0 Å². The molecule has 148 valence electrons. The second-order valence-corrected chi connectivity index (χ2v) is 6.77. The monoisotopic (exact) mass is 378 g/mol. The zero-order chi connectivity index (χ0) is 20.4. The molecule has 27 heavy (non-hydrogen) atoms. The first-order valence-electron chi connectivity index (χ1n) is 8.69. The first kappa shape index (κ1) is 22.1. The van der Waals surface area contributed by atoms with Gasteiger partial charge in [0, 0.05) is 13.0 Å². The Morgan fingerprint density at radius 2 is 1.70 bits per heavy atom. The lowest BCUT2D eigenvalue weighted by Gasteiger charge is -2.22. The summed E-state index contributed by atoms with van der Waals surface area (Å²) in [6.07, 6.45) is -0.901. The van der Waals surface area contributed by atoms with Gasteiger partial charge in [-0.3, -0.25) is 4.79 Å². The quantitative estimate of drug-likeness (QED) is 0.556. The minimum absolute atomic E-state index is 0.0249. The molecule has 1 atom stereocenters. The van der Waals surface area contributed by atoms with Crippen molar-refractivity contribution in [3.05, 3.63) is 35.9 Å². The molecular formula is C19H26N2O6. The fraction of sp³-hybridized carbons (Fsp3) is 0.474. The van der Waals surface area contributed by atoms with Gasteiger partial charge in [0.05, 0.1) is 5.56 Å². The summed E-state index contributed by atoms with van der Waals surface area (Å²) in [5, 5.41) is 4.96. The molecule has 1 unspecified atom stereocenters.